The summed E-state index contributed by atoms with van der Waals surface area (Å²) in [5.74, 6) is 0.496. The lowest BCUT2D eigenvalue weighted by atomic mass is 10.3. The molecule has 0 radical (unpaired) electrons. The Kier molecular flexibility index (Phi) is 14.0. The molecule has 0 aliphatic carbocycles. The Labute approximate surface area is 122 Å². The molecule has 0 aliphatic heterocycles. The number of rotatable bonds is 8. The molecule has 0 amide bonds. The van der Waals surface area contributed by atoms with Crippen molar-refractivity contribution in [2.45, 2.75) is 26.8 Å². The van der Waals surface area contributed by atoms with E-state index >= 15 is 0 Å². The molecule has 1 atom stereocenters. The first-order valence-corrected chi connectivity index (χ1v) is 5.92. The van der Waals surface area contributed by atoms with Gasteiger partial charge >= 0.3 is 0 Å². The molecule has 0 aliphatic rings. The zero-order chi connectivity index (χ0) is 12.4. The number of hydrogen-bond acceptors (Lipinski definition) is 3. The van der Waals surface area contributed by atoms with E-state index in [1.54, 1.807) is 7.11 Å². The van der Waals surface area contributed by atoms with E-state index in [-0.39, 0.29) is 24.0 Å². The Hall–Kier alpha value is -0.0800. The summed E-state index contributed by atoms with van der Waals surface area (Å²) >= 11 is 0. The van der Waals surface area contributed by atoms with E-state index in [0.717, 1.165) is 19.6 Å². The van der Waals surface area contributed by atoms with E-state index in [0.29, 0.717) is 25.2 Å². The molecule has 0 rings (SSSR count). The summed E-state index contributed by atoms with van der Waals surface area (Å²) in [6, 6.07) is 0.428. The lowest BCUT2D eigenvalue weighted by Crippen LogP contribution is -2.38. The van der Waals surface area contributed by atoms with Crippen LogP contribution in [0.1, 0.15) is 20.8 Å². The highest BCUT2D eigenvalue weighted by Crippen LogP contribution is 1.98. The molecule has 6 heteroatoms. The molecule has 1 unspecified atom stereocenters. The zero-order valence-corrected chi connectivity index (χ0v) is 13.7. The number of halogens is 1. The van der Waals surface area contributed by atoms with Crippen molar-refractivity contribution in [1.29, 1.82) is 0 Å². The zero-order valence-electron chi connectivity index (χ0n) is 11.4. The Morgan fingerprint density at radius 1 is 1.41 bits per heavy atom. The molecule has 0 spiro atoms. The van der Waals surface area contributed by atoms with Crippen molar-refractivity contribution in [3.63, 3.8) is 0 Å². The minimum absolute atomic E-state index is 0. The van der Waals surface area contributed by atoms with Crippen molar-refractivity contribution in [3.8, 4) is 0 Å². The van der Waals surface area contributed by atoms with Gasteiger partial charge in [0, 0.05) is 19.7 Å². The highest BCUT2D eigenvalue weighted by molar-refractivity contribution is 14.0. The maximum absolute atomic E-state index is 5.71. The quantitative estimate of drug-likeness (QED) is 0.293. The Morgan fingerprint density at radius 3 is 2.47 bits per heavy atom. The van der Waals surface area contributed by atoms with E-state index in [4.69, 9.17) is 10.5 Å². The molecule has 0 saturated heterocycles. The molecule has 0 heterocycles. The van der Waals surface area contributed by atoms with E-state index in [1.807, 2.05) is 0 Å². The maximum atomic E-state index is 5.71. The Bertz CT molecular complexity index is 198. The summed E-state index contributed by atoms with van der Waals surface area (Å²) in [4.78, 5) is 6.65. The average Bonchev–Trinajstić information content (AvgIpc) is 2.28. The monoisotopic (exact) mass is 358 g/mol. The number of ether oxygens (including phenoxy) is 1. The fourth-order valence-corrected chi connectivity index (χ4v) is 1.53. The summed E-state index contributed by atoms with van der Waals surface area (Å²) in [5, 5.41) is 3.00. The summed E-state index contributed by atoms with van der Waals surface area (Å²) in [7, 11) is 1.66. The third-order valence-electron chi connectivity index (χ3n) is 2.57. The molecule has 0 fully saturated rings. The van der Waals surface area contributed by atoms with Crippen LogP contribution >= 0.6 is 24.0 Å². The normalized spacial score (nSPS) is 13.4. The van der Waals surface area contributed by atoms with Crippen molar-refractivity contribution in [3.05, 3.63) is 0 Å². The number of methoxy groups -OCH3 is 1. The third kappa shape index (κ3) is 9.61. The number of hydrogen-bond donors (Lipinski definition) is 2. The Balaban J connectivity index is 0. The van der Waals surface area contributed by atoms with Crippen LogP contribution in [0.25, 0.3) is 0 Å². The fourth-order valence-electron chi connectivity index (χ4n) is 1.53. The van der Waals surface area contributed by atoms with Crippen molar-refractivity contribution >= 4 is 29.9 Å². The third-order valence-corrected chi connectivity index (χ3v) is 2.57. The van der Waals surface area contributed by atoms with Gasteiger partial charge in [-0.25, -0.2) is 0 Å². The average molecular weight is 358 g/mol. The lowest BCUT2D eigenvalue weighted by molar-refractivity contribution is 0.203. The lowest BCUT2D eigenvalue weighted by Gasteiger charge is -2.24. The summed E-state index contributed by atoms with van der Waals surface area (Å²) < 4.78 is 4.91. The highest BCUT2D eigenvalue weighted by atomic mass is 127. The van der Waals surface area contributed by atoms with Crippen LogP contribution in [-0.2, 0) is 4.74 Å². The molecule has 17 heavy (non-hydrogen) atoms. The van der Waals surface area contributed by atoms with Gasteiger partial charge in [0.15, 0.2) is 5.96 Å². The van der Waals surface area contributed by atoms with Crippen LogP contribution in [-0.4, -0.2) is 56.8 Å². The SMILES string of the molecule is CCN(CC)C(C)CN=C(N)NCCOC.I. The molecule has 5 nitrogen and oxygen atoms in total. The van der Waals surface area contributed by atoms with Gasteiger partial charge < -0.3 is 15.8 Å². The van der Waals surface area contributed by atoms with Crippen LogP contribution in [0, 0.1) is 0 Å². The standard InChI is InChI=1S/C11H26N4O.HI/c1-5-15(6-2)10(3)9-14-11(12)13-7-8-16-4;/h10H,5-9H2,1-4H3,(H3,12,13,14);1H. The first-order valence-electron chi connectivity index (χ1n) is 5.92. The van der Waals surface area contributed by atoms with Gasteiger partial charge in [0.05, 0.1) is 13.2 Å². The predicted octanol–water partition coefficient (Wildman–Crippen LogP) is 0.885. The minimum Gasteiger partial charge on any atom is -0.383 e. The van der Waals surface area contributed by atoms with Crippen molar-refractivity contribution in [2.75, 3.05) is 39.9 Å². The number of aliphatic imine (C=N–C) groups is 1. The van der Waals surface area contributed by atoms with E-state index in [1.165, 1.54) is 0 Å². The van der Waals surface area contributed by atoms with Gasteiger partial charge in [0.2, 0.25) is 0 Å². The van der Waals surface area contributed by atoms with Crippen molar-refractivity contribution in [1.82, 2.24) is 10.2 Å². The van der Waals surface area contributed by atoms with Crippen LogP contribution in [0.2, 0.25) is 0 Å². The van der Waals surface area contributed by atoms with Crippen LogP contribution in [0.15, 0.2) is 4.99 Å². The number of likely N-dealkylation sites (N-methyl/N-ethyl adjacent to an activating group) is 1. The molecule has 3 N–H and O–H groups in total. The van der Waals surface area contributed by atoms with Crippen LogP contribution in [0.5, 0.6) is 0 Å². The molecule has 104 valence electrons. The van der Waals surface area contributed by atoms with Gasteiger partial charge in [-0.3, -0.25) is 9.89 Å². The fraction of sp³-hybridized carbons (Fsp3) is 0.909. The van der Waals surface area contributed by atoms with Gasteiger partial charge in [-0.15, -0.1) is 24.0 Å². The van der Waals surface area contributed by atoms with Gasteiger partial charge in [0.1, 0.15) is 0 Å². The number of nitrogens with zero attached hydrogens (tertiary/aromatic N) is 2. The number of nitrogens with one attached hydrogen (secondary N) is 1. The van der Waals surface area contributed by atoms with Crippen molar-refractivity contribution < 1.29 is 4.74 Å². The van der Waals surface area contributed by atoms with Crippen LogP contribution in [0.4, 0.5) is 0 Å². The molecule has 0 saturated carbocycles. The summed E-state index contributed by atoms with van der Waals surface area (Å²) in [5.41, 5.74) is 5.71. The van der Waals surface area contributed by atoms with Gasteiger partial charge in [-0.2, -0.15) is 0 Å². The van der Waals surface area contributed by atoms with Gasteiger partial charge in [-0.05, 0) is 20.0 Å². The smallest absolute Gasteiger partial charge is 0.188 e. The number of guanidine groups is 1. The second kappa shape index (κ2) is 12.4. The molecule has 0 aromatic heterocycles. The second-order valence-electron chi connectivity index (χ2n) is 3.72. The molecule has 0 bridgehead atoms. The van der Waals surface area contributed by atoms with E-state index in [9.17, 15) is 0 Å². The Morgan fingerprint density at radius 2 is 2.00 bits per heavy atom. The van der Waals surface area contributed by atoms with Gasteiger partial charge in [0.25, 0.3) is 0 Å². The van der Waals surface area contributed by atoms with Crippen molar-refractivity contribution in [2.24, 2.45) is 10.7 Å². The van der Waals surface area contributed by atoms with Gasteiger partial charge in [-0.1, -0.05) is 13.8 Å². The molecular weight excluding hydrogens is 331 g/mol. The minimum atomic E-state index is 0. The topological polar surface area (TPSA) is 62.9 Å². The largest absolute Gasteiger partial charge is 0.383 e. The maximum Gasteiger partial charge on any atom is 0.188 e. The summed E-state index contributed by atoms with van der Waals surface area (Å²) in [6.07, 6.45) is 0. The highest BCUT2D eigenvalue weighted by Gasteiger charge is 2.08. The van der Waals surface area contributed by atoms with Crippen LogP contribution in [0.3, 0.4) is 0 Å². The summed E-state index contributed by atoms with van der Waals surface area (Å²) in [6.45, 7) is 10.6. The molecular formula is C11H27IN4O. The van der Waals surface area contributed by atoms with E-state index in [2.05, 4.69) is 36.0 Å². The first kappa shape index (κ1) is 19.3. The van der Waals surface area contributed by atoms with Crippen LogP contribution < -0.4 is 11.1 Å². The van der Waals surface area contributed by atoms with E-state index < -0.39 is 0 Å². The number of nitrogens with two attached hydrogens (primary N) is 1. The molecule has 0 aromatic rings. The first-order chi connectivity index (χ1) is 7.65. The molecule has 0 aromatic carbocycles. The predicted molar refractivity (Wildman–Crippen MR) is 84.2 cm³/mol. The second-order valence-corrected chi connectivity index (χ2v) is 3.72.